The maximum Gasteiger partial charge on any atom is 0.274 e. The predicted octanol–water partition coefficient (Wildman–Crippen LogP) is 3.76. The number of carbonyl (C=O) groups is 1. The molecule has 0 N–H and O–H groups in total. The first-order valence-electron chi connectivity index (χ1n) is 8.91. The van der Waals surface area contributed by atoms with E-state index < -0.39 is 0 Å². The van der Waals surface area contributed by atoms with Crippen molar-refractivity contribution in [3.05, 3.63) is 54.0 Å². The molecule has 0 radical (unpaired) electrons. The van der Waals surface area contributed by atoms with Gasteiger partial charge in [0.2, 0.25) is 0 Å². The van der Waals surface area contributed by atoms with Crippen LogP contribution in [0.4, 0.5) is 5.82 Å². The molecule has 0 bridgehead atoms. The van der Waals surface area contributed by atoms with Crippen molar-refractivity contribution in [1.29, 1.82) is 0 Å². The molecule has 2 aromatic rings. The normalized spacial score (nSPS) is 10.8. The second-order valence-electron chi connectivity index (χ2n) is 6.55. The molecule has 5 nitrogen and oxygen atoms in total. The van der Waals surface area contributed by atoms with Crippen molar-refractivity contribution >= 4 is 11.7 Å². The number of aromatic nitrogens is 2. The van der Waals surface area contributed by atoms with Gasteiger partial charge in [-0.3, -0.25) is 4.79 Å². The highest BCUT2D eigenvalue weighted by atomic mass is 16.2. The molecule has 1 aromatic heterocycles. The van der Waals surface area contributed by atoms with Gasteiger partial charge in [0.15, 0.2) is 0 Å². The van der Waals surface area contributed by atoms with Crippen LogP contribution in [0.1, 0.15) is 49.7 Å². The van der Waals surface area contributed by atoms with Gasteiger partial charge in [0.25, 0.3) is 5.91 Å². The Labute approximate surface area is 150 Å². The lowest BCUT2D eigenvalue weighted by Crippen LogP contribution is -2.37. The topological polar surface area (TPSA) is 49.3 Å². The predicted molar refractivity (Wildman–Crippen MR) is 102 cm³/mol. The summed E-state index contributed by atoms with van der Waals surface area (Å²) in [4.78, 5) is 25.5. The molecule has 0 aliphatic heterocycles. The number of unbranched alkanes of at least 4 members (excludes halogenated alkanes) is 1. The number of nitrogens with zero attached hydrogens (tertiary/aromatic N) is 4. The molecule has 0 unspecified atom stereocenters. The quantitative estimate of drug-likeness (QED) is 0.734. The molecule has 0 aliphatic rings. The van der Waals surface area contributed by atoms with E-state index in [-0.39, 0.29) is 11.9 Å². The molecule has 0 atom stereocenters. The van der Waals surface area contributed by atoms with Crippen molar-refractivity contribution < 1.29 is 4.79 Å². The second kappa shape index (κ2) is 9.16. The molecule has 0 saturated heterocycles. The van der Waals surface area contributed by atoms with Gasteiger partial charge in [-0.1, -0.05) is 43.7 Å². The highest BCUT2D eigenvalue weighted by molar-refractivity contribution is 5.92. The van der Waals surface area contributed by atoms with Gasteiger partial charge in [0.1, 0.15) is 11.5 Å². The van der Waals surface area contributed by atoms with Crippen LogP contribution in [0.25, 0.3) is 0 Å². The van der Waals surface area contributed by atoms with Crippen LogP contribution in [0.15, 0.2) is 42.7 Å². The van der Waals surface area contributed by atoms with Crippen molar-refractivity contribution in [2.24, 2.45) is 0 Å². The fraction of sp³-hybridized carbons (Fsp3) is 0.450. The van der Waals surface area contributed by atoms with Gasteiger partial charge in [0.05, 0.1) is 12.4 Å². The van der Waals surface area contributed by atoms with Gasteiger partial charge in [0, 0.05) is 26.2 Å². The number of hydrogen-bond donors (Lipinski definition) is 0. The minimum atomic E-state index is -0.0888. The number of carbonyl (C=O) groups excluding carboxylic acids is 1. The van der Waals surface area contributed by atoms with Gasteiger partial charge in [-0.2, -0.15) is 0 Å². The first kappa shape index (κ1) is 18.9. The van der Waals surface area contributed by atoms with Gasteiger partial charge < -0.3 is 9.80 Å². The van der Waals surface area contributed by atoms with E-state index in [0.717, 1.165) is 30.8 Å². The summed E-state index contributed by atoms with van der Waals surface area (Å²) in [7, 11) is 2.00. The third-order valence-corrected chi connectivity index (χ3v) is 4.18. The average Bonchev–Trinajstić information content (AvgIpc) is 2.64. The molecule has 0 aliphatic carbocycles. The molecule has 5 heteroatoms. The first-order valence-corrected chi connectivity index (χ1v) is 8.91. The molecule has 1 aromatic carbocycles. The van der Waals surface area contributed by atoms with Crippen molar-refractivity contribution in [2.75, 3.05) is 18.5 Å². The summed E-state index contributed by atoms with van der Waals surface area (Å²) in [6.07, 6.45) is 5.51. The van der Waals surface area contributed by atoms with E-state index in [9.17, 15) is 4.79 Å². The maximum atomic E-state index is 12.9. The number of benzene rings is 1. The zero-order valence-corrected chi connectivity index (χ0v) is 15.6. The summed E-state index contributed by atoms with van der Waals surface area (Å²) >= 11 is 0. The zero-order valence-electron chi connectivity index (χ0n) is 15.6. The molecule has 2 rings (SSSR count). The Kier molecular flexibility index (Phi) is 6.92. The van der Waals surface area contributed by atoms with Crippen LogP contribution >= 0.6 is 0 Å². The fourth-order valence-corrected chi connectivity index (χ4v) is 2.55. The number of rotatable bonds is 8. The minimum absolute atomic E-state index is 0.0846. The molecule has 134 valence electrons. The van der Waals surface area contributed by atoms with Crippen LogP contribution in [-0.2, 0) is 6.54 Å². The number of amides is 1. The Bertz CT molecular complexity index is 655. The smallest absolute Gasteiger partial charge is 0.274 e. The lowest BCUT2D eigenvalue weighted by molar-refractivity contribution is 0.0684. The van der Waals surface area contributed by atoms with E-state index >= 15 is 0 Å². The van der Waals surface area contributed by atoms with Crippen LogP contribution in [0.3, 0.4) is 0 Å². The third-order valence-electron chi connectivity index (χ3n) is 4.18. The first-order chi connectivity index (χ1) is 12.0. The second-order valence-corrected chi connectivity index (χ2v) is 6.55. The summed E-state index contributed by atoms with van der Waals surface area (Å²) < 4.78 is 0. The van der Waals surface area contributed by atoms with Crippen molar-refractivity contribution in [1.82, 2.24) is 14.9 Å². The molecular formula is C20H28N4O. The maximum absolute atomic E-state index is 12.9. The molecule has 25 heavy (non-hydrogen) atoms. The number of hydrogen-bond acceptors (Lipinski definition) is 4. The van der Waals surface area contributed by atoms with E-state index in [0.29, 0.717) is 12.2 Å². The van der Waals surface area contributed by atoms with E-state index in [1.807, 2.05) is 56.1 Å². The fourth-order valence-electron chi connectivity index (χ4n) is 2.55. The minimum Gasteiger partial charge on any atom is -0.358 e. The SMILES string of the molecule is CCCCN(C)c1cnc(C(=O)N(Cc2ccccc2)C(C)C)cn1. The van der Waals surface area contributed by atoms with E-state index in [1.165, 1.54) is 0 Å². The van der Waals surface area contributed by atoms with E-state index in [1.54, 1.807) is 12.4 Å². The number of anilines is 1. The highest BCUT2D eigenvalue weighted by Crippen LogP contribution is 2.14. The molecule has 0 fully saturated rings. The monoisotopic (exact) mass is 340 g/mol. The summed E-state index contributed by atoms with van der Waals surface area (Å²) in [5.41, 5.74) is 1.49. The van der Waals surface area contributed by atoms with Gasteiger partial charge in [-0.05, 0) is 25.8 Å². The van der Waals surface area contributed by atoms with Gasteiger partial charge >= 0.3 is 0 Å². The van der Waals surface area contributed by atoms with Crippen LogP contribution in [0.2, 0.25) is 0 Å². The van der Waals surface area contributed by atoms with Crippen molar-refractivity contribution in [2.45, 2.75) is 46.2 Å². The molecule has 1 heterocycles. The van der Waals surface area contributed by atoms with Crippen LogP contribution in [-0.4, -0.2) is 40.4 Å². The largest absolute Gasteiger partial charge is 0.358 e. The van der Waals surface area contributed by atoms with Crippen molar-refractivity contribution in [3.8, 4) is 0 Å². The Balaban J connectivity index is 2.11. The summed E-state index contributed by atoms with van der Waals surface area (Å²) in [6, 6.07) is 10.1. The summed E-state index contributed by atoms with van der Waals surface area (Å²) in [5, 5.41) is 0. The zero-order chi connectivity index (χ0) is 18.2. The molecule has 0 spiro atoms. The summed E-state index contributed by atoms with van der Waals surface area (Å²) in [6.45, 7) is 7.69. The van der Waals surface area contributed by atoms with Crippen LogP contribution in [0, 0.1) is 0 Å². The third kappa shape index (κ3) is 5.28. The van der Waals surface area contributed by atoms with Crippen LogP contribution in [0.5, 0.6) is 0 Å². The van der Waals surface area contributed by atoms with Crippen LogP contribution < -0.4 is 4.90 Å². The van der Waals surface area contributed by atoms with Crippen molar-refractivity contribution in [3.63, 3.8) is 0 Å². The Morgan fingerprint density at radius 1 is 1.12 bits per heavy atom. The average molecular weight is 340 g/mol. The molecule has 0 saturated carbocycles. The Morgan fingerprint density at radius 3 is 2.40 bits per heavy atom. The highest BCUT2D eigenvalue weighted by Gasteiger charge is 2.20. The van der Waals surface area contributed by atoms with E-state index in [2.05, 4.69) is 21.8 Å². The van der Waals surface area contributed by atoms with E-state index in [4.69, 9.17) is 0 Å². The lowest BCUT2D eigenvalue weighted by Gasteiger charge is -2.26. The van der Waals surface area contributed by atoms with Gasteiger partial charge in [-0.25, -0.2) is 9.97 Å². The molecule has 1 amide bonds. The molecular weight excluding hydrogens is 312 g/mol. The Hall–Kier alpha value is -2.43. The Morgan fingerprint density at radius 2 is 1.84 bits per heavy atom. The standard InChI is InChI=1S/C20H28N4O/c1-5-6-12-23(4)19-14-21-18(13-22-19)20(25)24(16(2)3)15-17-10-8-7-9-11-17/h7-11,13-14,16H,5-6,12,15H2,1-4H3. The summed E-state index contributed by atoms with van der Waals surface area (Å²) in [5.74, 6) is 0.707. The van der Waals surface area contributed by atoms with Gasteiger partial charge in [-0.15, -0.1) is 0 Å². The lowest BCUT2D eigenvalue weighted by atomic mass is 10.2.